The highest BCUT2D eigenvalue weighted by atomic mass is 19.1. The Labute approximate surface area is 96.3 Å². The summed E-state index contributed by atoms with van der Waals surface area (Å²) in [6.45, 7) is 1.28. The minimum atomic E-state index is -1.20. The number of hydrogen-bond acceptors (Lipinski definition) is 2. The maximum Gasteiger partial charge on any atom is 0.325 e. The Morgan fingerprint density at radius 2 is 2.06 bits per heavy atom. The van der Waals surface area contributed by atoms with Gasteiger partial charge < -0.3 is 10.4 Å². The molecule has 1 aromatic carbocycles. The lowest BCUT2D eigenvalue weighted by Crippen LogP contribution is -2.39. The number of nitrogens with one attached hydrogen (secondary N) is 1. The van der Waals surface area contributed by atoms with Gasteiger partial charge in [0.05, 0.1) is 6.42 Å². The van der Waals surface area contributed by atoms with Crippen molar-refractivity contribution in [2.24, 2.45) is 0 Å². The van der Waals surface area contributed by atoms with Gasteiger partial charge in [-0.2, -0.15) is 0 Å². The van der Waals surface area contributed by atoms with Crippen molar-refractivity contribution in [2.75, 3.05) is 0 Å². The molecule has 0 spiro atoms. The number of carboxylic acid groups (broad SMARTS) is 1. The van der Waals surface area contributed by atoms with Crippen molar-refractivity contribution in [1.82, 2.24) is 5.32 Å². The van der Waals surface area contributed by atoms with E-state index in [0.717, 1.165) is 18.2 Å². The number of hydrogen-bond donors (Lipinski definition) is 2. The Morgan fingerprint density at radius 3 is 2.65 bits per heavy atom. The van der Waals surface area contributed by atoms with E-state index >= 15 is 0 Å². The molecule has 0 heterocycles. The smallest absolute Gasteiger partial charge is 0.325 e. The van der Waals surface area contributed by atoms with E-state index in [-0.39, 0.29) is 5.56 Å². The first-order valence-electron chi connectivity index (χ1n) is 4.86. The molecular weight excluding hydrogens is 232 g/mol. The van der Waals surface area contributed by atoms with Gasteiger partial charge in [0.1, 0.15) is 17.7 Å². The third-order valence-electron chi connectivity index (χ3n) is 2.11. The van der Waals surface area contributed by atoms with Crippen molar-refractivity contribution in [1.29, 1.82) is 0 Å². The van der Waals surface area contributed by atoms with Crippen molar-refractivity contribution in [3.05, 3.63) is 35.4 Å². The molecule has 0 saturated carbocycles. The standard InChI is InChI=1S/C11H11F2NO3/c1-6(11(16)17)14-10(15)5-7-4-8(12)2-3-9(7)13/h2-4,6H,5H2,1H3,(H,14,15)(H,16,17). The fourth-order valence-corrected chi connectivity index (χ4v) is 1.21. The Bertz CT molecular complexity index is 448. The number of aliphatic carboxylic acids is 1. The highest BCUT2D eigenvalue weighted by molar-refractivity contribution is 5.84. The molecule has 2 N–H and O–H groups in total. The van der Waals surface area contributed by atoms with Crippen LogP contribution in [0.2, 0.25) is 0 Å². The van der Waals surface area contributed by atoms with Crippen molar-refractivity contribution in [3.8, 4) is 0 Å². The average molecular weight is 243 g/mol. The molecule has 0 aliphatic heterocycles. The van der Waals surface area contributed by atoms with Gasteiger partial charge in [-0.3, -0.25) is 9.59 Å². The van der Waals surface area contributed by atoms with Gasteiger partial charge in [-0.05, 0) is 25.1 Å². The van der Waals surface area contributed by atoms with Gasteiger partial charge in [0, 0.05) is 5.56 Å². The van der Waals surface area contributed by atoms with Gasteiger partial charge >= 0.3 is 5.97 Å². The summed E-state index contributed by atoms with van der Waals surface area (Å²) in [5.41, 5.74) is -0.111. The molecule has 1 rings (SSSR count). The van der Waals surface area contributed by atoms with Crippen LogP contribution in [0.5, 0.6) is 0 Å². The first kappa shape index (κ1) is 13.1. The molecule has 6 heteroatoms. The quantitative estimate of drug-likeness (QED) is 0.832. The van der Waals surface area contributed by atoms with Crippen LogP contribution in [0.1, 0.15) is 12.5 Å². The fraction of sp³-hybridized carbons (Fsp3) is 0.273. The van der Waals surface area contributed by atoms with Crippen molar-refractivity contribution >= 4 is 11.9 Å². The zero-order valence-electron chi connectivity index (χ0n) is 9.04. The predicted octanol–water partition coefficient (Wildman–Crippen LogP) is 1.10. The van der Waals surface area contributed by atoms with Crippen molar-refractivity contribution < 1.29 is 23.5 Å². The van der Waals surface area contributed by atoms with E-state index in [1.165, 1.54) is 6.92 Å². The predicted molar refractivity (Wildman–Crippen MR) is 55.3 cm³/mol. The lowest BCUT2D eigenvalue weighted by molar-refractivity contribution is -0.141. The van der Waals surface area contributed by atoms with Gasteiger partial charge in [0.15, 0.2) is 0 Å². The molecule has 0 aliphatic rings. The normalized spacial score (nSPS) is 11.9. The van der Waals surface area contributed by atoms with E-state index in [0.29, 0.717) is 0 Å². The number of rotatable bonds is 4. The Hall–Kier alpha value is -1.98. The highest BCUT2D eigenvalue weighted by Gasteiger charge is 2.15. The average Bonchev–Trinajstić information content (AvgIpc) is 2.23. The fourth-order valence-electron chi connectivity index (χ4n) is 1.21. The molecular formula is C11H11F2NO3. The molecule has 0 bridgehead atoms. The summed E-state index contributed by atoms with van der Waals surface area (Å²) in [6, 6.07) is 1.69. The topological polar surface area (TPSA) is 66.4 Å². The Morgan fingerprint density at radius 1 is 1.41 bits per heavy atom. The summed E-state index contributed by atoms with van der Waals surface area (Å²) in [4.78, 5) is 21.8. The van der Waals surface area contributed by atoms with Crippen LogP contribution in [0.15, 0.2) is 18.2 Å². The summed E-state index contributed by atoms with van der Waals surface area (Å²) >= 11 is 0. The second-order valence-corrected chi connectivity index (χ2v) is 3.54. The SMILES string of the molecule is CC(NC(=O)Cc1cc(F)ccc1F)C(=O)O. The van der Waals surface area contributed by atoms with Crippen LogP contribution < -0.4 is 5.32 Å². The molecule has 1 atom stereocenters. The molecule has 92 valence electrons. The van der Waals surface area contributed by atoms with Gasteiger partial charge in [-0.15, -0.1) is 0 Å². The summed E-state index contributed by atoms with van der Waals surface area (Å²) in [6.07, 6.45) is -0.402. The molecule has 4 nitrogen and oxygen atoms in total. The summed E-state index contributed by atoms with van der Waals surface area (Å²) in [5.74, 6) is -3.23. The summed E-state index contributed by atoms with van der Waals surface area (Å²) in [5, 5.41) is 10.7. The first-order valence-corrected chi connectivity index (χ1v) is 4.86. The maximum absolute atomic E-state index is 13.2. The van der Waals surface area contributed by atoms with Crippen LogP contribution in [0, 0.1) is 11.6 Å². The third-order valence-corrected chi connectivity index (χ3v) is 2.11. The van der Waals surface area contributed by atoms with E-state index < -0.39 is 36.0 Å². The number of carbonyl (C=O) groups is 2. The largest absolute Gasteiger partial charge is 0.480 e. The number of carboxylic acids is 1. The number of amides is 1. The van der Waals surface area contributed by atoms with Crippen molar-refractivity contribution in [3.63, 3.8) is 0 Å². The third kappa shape index (κ3) is 3.82. The Kier molecular flexibility index (Phi) is 4.14. The molecule has 0 radical (unpaired) electrons. The molecule has 0 aromatic heterocycles. The maximum atomic E-state index is 13.2. The van der Waals surface area contributed by atoms with E-state index in [9.17, 15) is 18.4 Å². The number of halogens is 2. The van der Waals surface area contributed by atoms with Crippen LogP contribution in [0.4, 0.5) is 8.78 Å². The van der Waals surface area contributed by atoms with Crippen LogP contribution in [-0.4, -0.2) is 23.0 Å². The second-order valence-electron chi connectivity index (χ2n) is 3.54. The van der Waals surface area contributed by atoms with Crippen LogP contribution >= 0.6 is 0 Å². The second kappa shape index (κ2) is 5.38. The van der Waals surface area contributed by atoms with E-state index in [1.807, 2.05) is 0 Å². The minimum absolute atomic E-state index is 0.111. The minimum Gasteiger partial charge on any atom is -0.480 e. The monoisotopic (exact) mass is 243 g/mol. The zero-order chi connectivity index (χ0) is 13.0. The summed E-state index contributed by atoms with van der Waals surface area (Å²) < 4.78 is 26.0. The first-order chi connectivity index (χ1) is 7.90. The van der Waals surface area contributed by atoms with E-state index in [1.54, 1.807) is 0 Å². The molecule has 1 aromatic rings. The summed E-state index contributed by atoms with van der Waals surface area (Å²) in [7, 11) is 0. The molecule has 17 heavy (non-hydrogen) atoms. The Balaban J connectivity index is 2.68. The van der Waals surface area contributed by atoms with Crippen LogP contribution in [-0.2, 0) is 16.0 Å². The number of benzene rings is 1. The lowest BCUT2D eigenvalue weighted by Gasteiger charge is -2.09. The van der Waals surface area contributed by atoms with Crippen LogP contribution in [0.25, 0.3) is 0 Å². The van der Waals surface area contributed by atoms with Gasteiger partial charge in [0.2, 0.25) is 5.91 Å². The van der Waals surface area contributed by atoms with Gasteiger partial charge in [0.25, 0.3) is 0 Å². The molecule has 0 saturated heterocycles. The lowest BCUT2D eigenvalue weighted by atomic mass is 10.1. The van der Waals surface area contributed by atoms with E-state index in [4.69, 9.17) is 5.11 Å². The zero-order valence-corrected chi connectivity index (χ0v) is 9.04. The van der Waals surface area contributed by atoms with E-state index in [2.05, 4.69) is 5.32 Å². The van der Waals surface area contributed by atoms with Gasteiger partial charge in [-0.25, -0.2) is 8.78 Å². The molecule has 0 aliphatic carbocycles. The van der Waals surface area contributed by atoms with Gasteiger partial charge in [-0.1, -0.05) is 0 Å². The highest BCUT2D eigenvalue weighted by Crippen LogP contribution is 2.10. The number of carbonyl (C=O) groups excluding carboxylic acids is 1. The van der Waals surface area contributed by atoms with Crippen molar-refractivity contribution in [2.45, 2.75) is 19.4 Å². The molecule has 0 fully saturated rings. The van der Waals surface area contributed by atoms with Crippen LogP contribution in [0.3, 0.4) is 0 Å². The molecule has 1 unspecified atom stereocenters. The molecule has 1 amide bonds.